The molecule has 1 aromatic heterocycles. The van der Waals surface area contributed by atoms with Gasteiger partial charge in [-0.2, -0.15) is 5.10 Å². The molecule has 0 amide bonds. The second kappa shape index (κ2) is 6.73. The normalized spacial score (nSPS) is 10.4. The minimum absolute atomic E-state index is 0.170. The Hall–Kier alpha value is -2.33. The predicted molar refractivity (Wildman–Crippen MR) is 78.0 cm³/mol. The van der Waals surface area contributed by atoms with E-state index < -0.39 is 0 Å². The average Bonchev–Trinajstić information content (AvgIpc) is 2.96. The van der Waals surface area contributed by atoms with Gasteiger partial charge < -0.3 is 9.47 Å². The van der Waals surface area contributed by atoms with Gasteiger partial charge in [0, 0.05) is 0 Å². The first-order valence-electron chi connectivity index (χ1n) is 5.57. The van der Waals surface area contributed by atoms with Gasteiger partial charge >= 0.3 is 0 Å². The highest BCUT2D eigenvalue weighted by atomic mass is 79.9. The van der Waals surface area contributed by atoms with Crippen LogP contribution in [0.4, 0.5) is 0 Å². The second-order valence-electron chi connectivity index (χ2n) is 3.61. The molecule has 0 N–H and O–H groups in total. The molecule has 1 heterocycles. The zero-order valence-electron chi connectivity index (χ0n) is 10.7. The standard InChI is InChI=1S/C13H11BrN4O2/c1-3-4-20-13-11(14)5-10(6-12(13)19-2)7-17-18-8-15-16-9-18/h1,5-9H,4H2,2H3. The van der Waals surface area contributed by atoms with Crippen molar-refractivity contribution < 1.29 is 9.47 Å². The minimum Gasteiger partial charge on any atom is -0.493 e. The zero-order valence-corrected chi connectivity index (χ0v) is 12.2. The minimum atomic E-state index is 0.170. The van der Waals surface area contributed by atoms with Gasteiger partial charge in [0.05, 0.1) is 17.8 Å². The molecule has 2 aromatic rings. The van der Waals surface area contributed by atoms with Crippen molar-refractivity contribution in [2.24, 2.45) is 5.10 Å². The summed E-state index contributed by atoms with van der Waals surface area (Å²) < 4.78 is 12.9. The van der Waals surface area contributed by atoms with Crippen LogP contribution in [0.5, 0.6) is 11.5 Å². The van der Waals surface area contributed by atoms with E-state index in [0.29, 0.717) is 11.5 Å². The molecule has 0 fully saturated rings. The lowest BCUT2D eigenvalue weighted by atomic mass is 10.2. The number of methoxy groups -OCH3 is 1. The van der Waals surface area contributed by atoms with Gasteiger partial charge in [0.2, 0.25) is 0 Å². The molecule has 20 heavy (non-hydrogen) atoms. The van der Waals surface area contributed by atoms with Gasteiger partial charge in [-0.3, -0.25) is 0 Å². The van der Waals surface area contributed by atoms with Crippen molar-refractivity contribution in [3.63, 3.8) is 0 Å². The van der Waals surface area contributed by atoms with Crippen LogP contribution in [0.3, 0.4) is 0 Å². The summed E-state index contributed by atoms with van der Waals surface area (Å²) in [5, 5.41) is 11.5. The molecule has 7 heteroatoms. The molecule has 0 atom stereocenters. The molecule has 1 aromatic carbocycles. The quantitative estimate of drug-likeness (QED) is 0.619. The number of terminal acetylenes is 1. The highest BCUT2D eigenvalue weighted by molar-refractivity contribution is 9.10. The van der Waals surface area contributed by atoms with Crippen LogP contribution in [0.15, 0.2) is 34.4 Å². The molecule has 0 spiro atoms. The van der Waals surface area contributed by atoms with Crippen molar-refractivity contribution in [3.05, 3.63) is 34.8 Å². The number of aromatic nitrogens is 3. The average molecular weight is 335 g/mol. The molecule has 102 valence electrons. The maximum absolute atomic E-state index is 5.44. The van der Waals surface area contributed by atoms with Crippen molar-refractivity contribution in [3.8, 4) is 23.8 Å². The summed E-state index contributed by atoms with van der Waals surface area (Å²) in [4.78, 5) is 0. The topological polar surface area (TPSA) is 61.5 Å². The summed E-state index contributed by atoms with van der Waals surface area (Å²) in [6, 6.07) is 3.65. The monoisotopic (exact) mass is 334 g/mol. The molecule has 0 saturated heterocycles. The van der Waals surface area contributed by atoms with Gasteiger partial charge in [0.25, 0.3) is 0 Å². The summed E-state index contributed by atoms with van der Waals surface area (Å²) in [5.41, 5.74) is 0.829. The lowest BCUT2D eigenvalue weighted by molar-refractivity contribution is 0.329. The molecule has 0 aliphatic rings. The Morgan fingerprint density at radius 2 is 2.20 bits per heavy atom. The molecule has 2 rings (SSSR count). The van der Waals surface area contributed by atoms with E-state index in [9.17, 15) is 0 Å². The van der Waals surface area contributed by atoms with E-state index in [1.54, 1.807) is 19.4 Å². The SMILES string of the molecule is C#CCOc1c(Br)cc(C=Nn2cnnc2)cc1OC. The van der Waals surface area contributed by atoms with Crippen LogP contribution in [-0.4, -0.2) is 34.8 Å². The van der Waals surface area contributed by atoms with Crippen LogP contribution in [0.1, 0.15) is 5.56 Å². The molecular formula is C13H11BrN4O2. The van der Waals surface area contributed by atoms with Gasteiger partial charge in [-0.15, -0.1) is 16.6 Å². The summed E-state index contributed by atoms with van der Waals surface area (Å²) in [6.45, 7) is 0.170. The highest BCUT2D eigenvalue weighted by Crippen LogP contribution is 2.36. The first kappa shape index (κ1) is 14.1. The fourth-order valence-electron chi connectivity index (χ4n) is 1.46. The van der Waals surface area contributed by atoms with E-state index in [2.05, 4.69) is 37.1 Å². The first-order valence-corrected chi connectivity index (χ1v) is 6.36. The van der Waals surface area contributed by atoms with Crippen LogP contribution in [0, 0.1) is 12.3 Å². The highest BCUT2D eigenvalue weighted by Gasteiger charge is 2.10. The molecule has 0 bridgehead atoms. The van der Waals surface area contributed by atoms with Crippen LogP contribution >= 0.6 is 15.9 Å². The summed E-state index contributed by atoms with van der Waals surface area (Å²) in [6.07, 6.45) is 9.82. The van der Waals surface area contributed by atoms with E-state index in [1.165, 1.54) is 17.3 Å². The van der Waals surface area contributed by atoms with E-state index in [0.717, 1.165) is 10.0 Å². The Bertz CT molecular complexity index is 647. The fraction of sp³-hybridized carbons (Fsp3) is 0.154. The summed E-state index contributed by atoms with van der Waals surface area (Å²) >= 11 is 3.42. The van der Waals surface area contributed by atoms with Gasteiger partial charge in [-0.25, -0.2) is 4.68 Å². The smallest absolute Gasteiger partial charge is 0.176 e. The molecule has 6 nitrogen and oxygen atoms in total. The van der Waals surface area contributed by atoms with Crippen molar-refractivity contribution >= 4 is 22.1 Å². The summed E-state index contributed by atoms with van der Waals surface area (Å²) in [5.74, 6) is 3.54. The maximum atomic E-state index is 5.44. The number of rotatable bonds is 5. The first-order chi connectivity index (χ1) is 9.74. The van der Waals surface area contributed by atoms with Crippen LogP contribution < -0.4 is 9.47 Å². The lowest BCUT2D eigenvalue weighted by Crippen LogP contribution is -1.99. The van der Waals surface area contributed by atoms with Crippen molar-refractivity contribution in [2.75, 3.05) is 13.7 Å². The maximum Gasteiger partial charge on any atom is 0.176 e. The largest absolute Gasteiger partial charge is 0.493 e. The van der Waals surface area contributed by atoms with E-state index >= 15 is 0 Å². The van der Waals surface area contributed by atoms with Gasteiger partial charge in [-0.05, 0) is 33.6 Å². The number of hydrogen-bond acceptors (Lipinski definition) is 5. The number of benzene rings is 1. The molecule has 0 aliphatic carbocycles. The molecule has 0 radical (unpaired) electrons. The van der Waals surface area contributed by atoms with Gasteiger partial charge in [0.1, 0.15) is 19.3 Å². The Kier molecular flexibility index (Phi) is 4.74. The Balaban J connectivity index is 2.28. The Labute approximate surface area is 124 Å². The number of nitrogens with zero attached hydrogens (tertiary/aromatic N) is 4. The predicted octanol–water partition coefficient (Wildman–Crippen LogP) is 1.94. The van der Waals surface area contributed by atoms with Crippen molar-refractivity contribution in [1.29, 1.82) is 0 Å². The third-order valence-electron chi connectivity index (χ3n) is 2.30. The fourth-order valence-corrected chi connectivity index (χ4v) is 2.03. The van der Waals surface area contributed by atoms with Gasteiger partial charge in [-0.1, -0.05) is 5.92 Å². The second-order valence-corrected chi connectivity index (χ2v) is 4.47. The van der Waals surface area contributed by atoms with Crippen molar-refractivity contribution in [2.45, 2.75) is 0 Å². The third-order valence-corrected chi connectivity index (χ3v) is 2.89. The molecule has 0 aliphatic heterocycles. The van der Waals surface area contributed by atoms with Crippen LogP contribution in [0.2, 0.25) is 0 Å². The Morgan fingerprint density at radius 3 is 2.85 bits per heavy atom. The number of halogens is 1. The number of ether oxygens (including phenoxy) is 2. The lowest BCUT2D eigenvalue weighted by Gasteiger charge is -2.11. The zero-order chi connectivity index (χ0) is 14.4. The molecule has 0 unspecified atom stereocenters. The molecular weight excluding hydrogens is 324 g/mol. The van der Waals surface area contributed by atoms with E-state index in [4.69, 9.17) is 15.9 Å². The Morgan fingerprint density at radius 1 is 1.45 bits per heavy atom. The third kappa shape index (κ3) is 3.36. The summed E-state index contributed by atoms with van der Waals surface area (Å²) in [7, 11) is 1.56. The van der Waals surface area contributed by atoms with E-state index in [-0.39, 0.29) is 6.61 Å². The van der Waals surface area contributed by atoms with Crippen LogP contribution in [-0.2, 0) is 0 Å². The number of hydrogen-bond donors (Lipinski definition) is 0. The van der Waals surface area contributed by atoms with Gasteiger partial charge in [0.15, 0.2) is 11.5 Å². The van der Waals surface area contributed by atoms with E-state index in [1.807, 2.05) is 6.07 Å². The van der Waals surface area contributed by atoms with Crippen molar-refractivity contribution in [1.82, 2.24) is 14.9 Å². The molecule has 0 saturated carbocycles. The van der Waals surface area contributed by atoms with Crippen LogP contribution in [0.25, 0.3) is 0 Å².